The summed E-state index contributed by atoms with van der Waals surface area (Å²) in [5, 5.41) is 11.9. The van der Waals surface area contributed by atoms with Gasteiger partial charge in [-0.05, 0) is 32.9 Å². The van der Waals surface area contributed by atoms with Crippen LogP contribution in [0, 0.1) is 6.92 Å². The highest BCUT2D eigenvalue weighted by Crippen LogP contribution is 2.50. The number of nitrogens with one attached hydrogen (secondary N) is 1. The Bertz CT molecular complexity index is 736. The van der Waals surface area contributed by atoms with Crippen LogP contribution in [0.15, 0.2) is 5.51 Å². The molecule has 2 saturated heterocycles. The molecule has 2 aliphatic heterocycles. The monoisotopic (exact) mass is 415 g/mol. The highest BCUT2D eigenvalue weighted by atomic mass is 32.2. The van der Waals surface area contributed by atoms with E-state index in [-0.39, 0.29) is 22.9 Å². The molecule has 3 heterocycles. The standard InChI is InChI=1S/C16H21N3O4S3/c1-8-9(25-7-17-8)4-5-24-6-10(20)18-11-13(21)19-12(15(22)23)16(2,3)26-14(11)19/h7,11-12,14H,4-6H2,1-3H3,(H,18,20)(H,22,23)/t11-,12+,14-/m1/s1. The predicted molar refractivity (Wildman–Crippen MR) is 104 cm³/mol. The molecule has 3 rings (SSSR count). The topological polar surface area (TPSA) is 99.6 Å². The number of carbonyl (C=O) groups excluding carboxylic acids is 2. The molecule has 0 unspecified atom stereocenters. The van der Waals surface area contributed by atoms with E-state index in [1.165, 1.54) is 33.3 Å². The lowest BCUT2D eigenvalue weighted by Gasteiger charge is -2.43. The summed E-state index contributed by atoms with van der Waals surface area (Å²) in [6, 6.07) is -1.48. The number of carboxylic acids is 1. The third-order valence-electron chi connectivity index (χ3n) is 4.54. The van der Waals surface area contributed by atoms with E-state index in [1.54, 1.807) is 11.3 Å². The van der Waals surface area contributed by atoms with Crippen molar-refractivity contribution in [3.8, 4) is 0 Å². The maximum Gasteiger partial charge on any atom is 0.327 e. The van der Waals surface area contributed by atoms with Crippen molar-refractivity contribution in [2.45, 2.75) is 49.4 Å². The molecule has 1 aromatic rings. The van der Waals surface area contributed by atoms with Crippen LogP contribution in [0.2, 0.25) is 0 Å². The Kier molecular flexibility index (Phi) is 5.55. The van der Waals surface area contributed by atoms with E-state index in [9.17, 15) is 19.5 Å². The highest BCUT2D eigenvalue weighted by molar-refractivity contribution is 8.01. The number of fused-ring (bicyclic) bond motifs is 1. The Balaban J connectivity index is 1.46. The second kappa shape index (κ2) is 7.40. The van der Waals surface area contributed by atoms with Gasteiger partial charge in [0.2, 0.25) is 11.8 Å². The molecule has 142 valence electrons. The Labute approximate surface area is 164 Å². The fraction of sp³-hybridized carbons (Fsp3) is 0.625. The van der Waals surface area contributed by atoms with Gasteiger partial charge in [0.1, 0.15) is 17.5 Å². The SMILES string of the molecule is Cc1ncsc1CCSCC(=O)N[C@@H]1C(=O)N2[C@@H]1SC(C)(C)[C@@H]2C(=O)O. The van der Waals surface area contributed by atoms with Gasteiger partial charge in [0.05, 0.1) is 17.0 Å². The second-order valence-corrected chi connectivity index (χ2v) is 10.6. The van der Waals surface area contributed by atoms with Crippen LogP contribution in [-0.2, 0) is 20.8 Å². The number of amides is 2. The van der Waals surface area contributed by atoms with Gasteiger partial charge in [-0.15, -0.1) is 23.1 Å². The number of carboxylic acid groups (broad SMARTS) is 1. The minimum Gasteiger partial charge on any atom is -0.480 e. The lowest BCUT2D eigenvalue weighted by atomic mass is 9.96. The van der Waals surface area contributed by atoms with Crippen LogP contribution in [0.1, 0.15) is 24.4 Å². The molecule has 2 aliphatic rings. The zero-order chi connectivity index (χ0) is 19.1. The average molecular weight is 416 g/mol. The van der Waals surface area contributed by atoms with E-state index in [0.717, 1.165) is 17.9 Å². The average Bonchev–Trinajstić information content (AvgIpc) is 3.08. The normalized spacial score (nSPS) is 26.3. The van der Waals surface area contributed by atoms with Gasteiger partial charge in [-0.3, -0.25) is 9.59 Å². The first kappa shape index (κ1) is 19.5. The fourth-order valence-electron chi connectivity index (χ4n) is 3.26. The highest BCUT2D eigenvalue weighted by Gasteiger charge is 2.64. The molecule has 2 amide bonds. The third-order valence-corrected chi connectivity index (χ3v) is 8.07. The molecule has 2 fully saturated rings. The van der Waals surface area contributed by atoms with E-state index < -0.39 is 22.8 Å². The second-order valence-electron chi connectivity index (χ2n) is 6.81. The van der Waals surface area contributed by atoms with Crippen molar-refractivity contribution in [2.24, 2.45) is 0 Å². The zero-order valence-electron chi connectivity index (χ0n) is 14.7. The van der Waals surface area contributed by atoms with Gasteiger partial charge >= 0.3 is 5.97 Å². The van der Waals surface area contributed by atoms with Gasteiger partial charge < -0.3 is 15.3 Å². The Morgan fingerprint density at radius 1 is 1.46 bits per heavy atom. The first-order chi connectivity index (χ1) is 12.2. The number of thioether (sulfide) groups is 2. The van der Waals surface area contributed by atoms with Crippen molar-refractivity contribution in [1.29, 1.82) is 0 Å². The number of carbonyl (C=O) groups is 3. The minimum absolute atomic E-state index is 0.189. The Morgan fingerprint density at radius 2 is 2.19 bits per heavy atom. The lowest BCUT2D eigenvalue weighted by molar-refractivity contribution is -0.160. The van der Waals surface area contributed by atoms with Crippen LogP contribution in [0.25, 0.3) is 0 Å². The summed E-state index contributed by atoms with van der Waals surface area (Å²) < 4.78 is -0.576. The van der Waals surface area contributed by atoms with Crippen molar-refractivity contribution >= 4 is 52.6 Å². The maximum atomic E-state index is 12.3. The van der Waals surface area contributed by atoms with Gasteiger partial charge in [-0.25, -0.2) is 9.78 Å². The third kappa shape index (κ3) is 3.59. The van der Waals surface area contributed by atoms with Gasteiger partial charge in [-0.1, -0.05) is 0 Å². The molecule has 0 saturated carbocycles. The Hall–Kier alpha value is -1.26. The van der Waals surface area contributed by atoms with E-state index in [0.29, 0.717) is 0 Å². The number of β-lactam (4-membered cyclic amide) rings is 1. The zero-order valence-corrected chi connectivity index (χ0v) is 17.2. The molecule has 0 aliphatic carbocycles. The molecular formula is C16H21N3O4S3. The lowest BCUT2D eigenvalue weighted by Crippen LogP contribution is -2.70. The van der Waals surface area contributed by atoms with Crippen LogP contribution in [-0.4, -0.2) is 66.5 Å². The van der Waals surface area contributed by atoms with Crippen LogP contribution >= 0.6 is 34.9 Å². The molecule has 2 N–H and O–H groups in total. The molecule has 0 bridgehead atoms. The molecule has 7 nitrogen and oxygen atoms in total. The number of nitrogens with zero attached hydrogens (tertiary/aromatic N) is 2. The van der Waals surface area contributed by atoms with Gasteiger partial charge in [-0.2, -0.15) is 11.8 Å². The van der Waals surface area contributed by atoms with Crippen LogP contribution in [0.3, 0.4) is 0 Å². The van der Waals surface area contributed by atoms with E-state index >= 15 is 0 Å². The number of hydrogen-bond donors (Lipinski definition) is 2. The van der Waals surface area contributed by atoms with E-state index in [1.807, 2.05) is 26.3 Å². The Morgan fingerprint density at radius 3 is 2.81 bits per heavy atom. The molecule has 0 spiro atoms. The molecule has 0 aromatic carbocycles. The minimum atomic E-state index is -1.00. The summed E-state index contributed by atoms with van der Waals surface area (Å²) >= 11 is 4.57. The number of aryl methyl sites for hydroxylation is 2. The van der Waals surface area contributed by atoms with Crippen molar-refractivity contribution in [3.05, 3.63) is 16.1 Å². The summed E-state index contributed by atoms with van der Waals surface area (Å²) in [4.78, 5) is 42.8. The molecular weight excluding hydrogens is 394 g/mol. The van der Waals surface area contributed by atoms with Crippen LogP contribution in [0.5, 0.6) is 0 Å². The number of aliphatic carboxylic acids is 1. The number of hydrogen-bond acceptors (Lipinski definition) is 7. The summed E-state index contributed by atoms with van der Waals surface area (Å²) in [5.41, 5.74) is 2.86. The summed E-state index contributed by atoms with van der Waals surface area (Å²) in [6.45, 7) is 5.61. The number of thiazole rings is 1. The van der Waals surface area contributed by atoms with Crippen molar-refractivity contribution < 1.29 is 19.5 Å². The smallest absolute Gasteiger partial charge is 0.327 e. The van der Waals surface area contributed by atoms with Crippen molar-refractivity contribution in [3.63, 3.8) is 0 Å². The molecule has 0 radical (unpaired) electrons. The quantitative estimate of drug-likeness (QED) is 0.512. The summed E-state index contributed by atoms with van der Waals surface area (Å²) in [6.07, 6.45) is 0.873. The predicted octanol–water partition coefficient (Wildman–Crippen LogP) is 1.36. The fourth-order valence-corrected chi connectivity index (χ4v) is 6.55. The van der Waals surface area contributed by atoms with Gasteiger partial charge in [0.25, 0.3) is 0 Å². The first-order valence-electron chi connectivity index (χ1n) is 8.21. The number of rotatable bonds is 7. The van der Waals surface area contributed by atoms with Crippen molar-refractivity contribution in [1.82, 2.24) is 15.2 Å². The molecule has 10 heteroatoms. The molecule has 1 aromatic heterocycles. The molecule has 3 atom stereocenters. The maximum absolute atomic E-state index is 12.3. The molecule has 26 heavy (non-hydrogen) atoms. The van der Waals surface area contributed by atoms with E-state index in [2.05, 4.69) is 10.3 Å². The summed E-state index contributed by atoms with van der Waals surface area (Å²) in [7, 11) is 0. The van der Waals surface area contributed by atoms with Crippen LogP contribution < -0.4 is 5.32 Å². The van der Waals surface area contributed by atoms with Gasteiger partial charge in [0.15, 0.2) is 0 Å². The summed E-state index contributed by atoms with van der Waals surface area (Å²) in [5.74, 6) is -0.402. The van der Waals surface area contributed by atoms with Crippen molar-refractivity contribution in [2.75, 3.05) is 11.5 Å². The first-order valence-corrected chi connectivity index (χ1v) is 11.1. The number of aromatic nitrogens is 1. The largest absolute Gasteiger partial charge is 0.480 e. The van der Waals surface area contributed by atoms with Gasteiger partial charge in [0, 0.05) is 9.62 Å². The van der Waals surface area contributed by atoms with Crippen LogP contribution in [0.4, 0.5) is 0 Å². The van der Waals surface area contributed by atoms with E-state index in [4.69, 9.17) is 0 Å².